The number of carbonyl (C=O) groups is 2. The van der Waals surface area contributed by atoms with Gasteiger partial charge >= 0.3 is 0 Å². The van der Waals surface area contributed by atoms with Gasteiger partial charge in [-0.3, -0.25) is 13.9 Å². The van der Waals surface area contributed by atoms with Crippen molar-refractivity contribution < 1.29 is 18.0 Å². The lowest BCUT2D eigenvalue weighted by molar-refractivity contribution is -0.114. The molecule has 10 heteroatoms. The van der Waals surface area contributed by atoms with Crippen molar-refractivity contribution in [3.05, 3.63) is 88.4 Å². The van der Waals surface area contributed by atoms with Crippen molar-refractivity contribution >= 4 is 56.4 Å². The number of nitrogens with one attached hydrogen (secondary N) is 2. The molecule has 0 atom stereocenters. The van der Waals surface area contributed by atoms with Crippen molar-refractivity contribution in [3.63, 3.8) is 0 Å². The number of unbranched alkanes of at least 4 members (excludes halogenated alkanes) is 1. The SMILES string of the molecule is CCCCNC(=O)c1ccccc1NC(=O)CN(c1ccc(Cl)cc1Cl)S(=O)(=O)c1ccccc1. The molecule has 3 aromatic rings. The molecular formula is C25H25Cl2N3O4S. The Bertz CT molecular complexity index is 1300. The van der Waals surface area contributed by atoms with Crippen molar-refractivity contribution in [2.45, 2.75) is 24.7 Å². The van der Waals surface area contributed by atoms with Gasteiger partial charge in [0, 0.05) is 11.6 Å². The minimum Gasteiger partial charge on any atom is -0.352 e. The maximum atomic E-state index is 13.5. The van der Waals surface area contributed by atoms with Crippen LogP contribution in [0.25, 0.3) is 0 Å². The molecule has 0 aliphatic rings. The number of hydrogen-bond donors (Lipinski definition) is 2. The Hall–Kier alpha value is -3.07. The highest BCUT2D eigenvalue weighted by Crippen LogP contribution is 2.32. The van der Waals surface area contributed by atoms with Crippen molar-refractivity contribution in [2.75, 3.05) is 22.7 Å². The molecule has 7 nitrogen and oxygen atoms in total. The average Bonchev–Trinajstić information content (AvgIpc) is 2.84. The van der Waals surface area contributed by atoms with E-state index in [-0.39, 0.29) is 32.8 Å². The highest BCUT2D eigenvalue weighted by Gasteiger charge is 2.29. The summed E-state index contributed by atoms with van der Waals surface area (Å²) < 4.78 is 27.9. The zero-order chi connectivity index (χ0) is 25.4. The Labute approximate surface area is 215 Å². The smallest absolute Gasteiger partial charge is 0.264 e. The van der Waals surface area contributed by atoms with Gasteiger partial charge in [-0.05, 0) is 48.9 Å². The van der Waals surface area contributed by atoms with Crippen molar-refractivity contribution in [1.82, 2.24) is 5.32 Å². The Morgan fingerprint density at radius 3 is 2.31 bits per heavy atom. The molecule has 0 saturated carbocycles. The molecule has 184 valence electrons. The number of amides is 2. The molecular weight excluding hydrogens is 509 g/mol. The van der Waals surface area contributed by atoms with E-state index in [0.29, 0.717) is 11.6 Å². The standard InChI is InChI=1S/C25H25Cl2N3O4S/c1-2-3-15-28-25(32)20-11-7-8-12-22(20)29-24(31)17-30(23-14-13-18(26)16-21(23)27)35(33,34)19-9-5-4-6-10-19/h4-14,16H,2-3,15,17H2,1H3,(H,28,32)(H,29,31). The maximum Gasteiger partial charge on any atom is 0.264 e. The summed E-state index contributed by atoms with van der Waals surface area (Å²) in [4.78, 5) is 25.7. The number of benzene rings is 3. The van der Waals surface area contributed by atoms with Gasteiger partial charge in [0.05, 0.1) is 26.9 Å². The molecule has 2 N–H and O–H groups in total. The van der Waals surface area contributed by atoms with Crippen molar-refractivity contribution in [1.29, 1.82) is 0 Å². The second kappa shape index (κ2) is 12.1. The lowest BCUT2D eigenvalue weighted by atomic mass is 10.1. The van der Waals surface area contributed by atoms with Gasteiger partial charge in [0.25, 0.3) is 15.9 Å². The summed E-state index contributed by atoms with van der Waals surface area (Å²) in [6.07, 6.45) is 1.76. The van der Waals surface area contributed by atoms with Crippen LogP contribution in [0, 0.1) is 0 Å². The number of sulfonamides is 1. The lowest BCUT2D eigenvalue weighted by Crippen LogP contribution is -2.38. The summed E-state index contributed by atoms with van der Waals surface area (Å²) in [7, 11) is -4.15. The maximum absolute atomic E-state index is 13.5. The van der Waals surface area contributed by atoms with Crippen LogP contribution in [0.15, 0.2) is 77.7 Å². The fourth-order valence-electron chi connectivity index (χ4n) is 3.29. The minimum absolute atomic E-state index is 0.00508. The molecule has 0 fully saturated rings. The van der Waals surface area contributed by atoms with Gasteiger partial charge in [0.1, 0.15) is 6.54 Å². The van der Waals surface area contributed by atoms with Crippen LogP contribution in [-0.4, -0.2) is 33.3 Å². The summed E-state index contributed by atoms with van der Waals surface area (Å²) >= 11 is 12.3. The van der Waals surface area contributed by atoms with Crippen LogP contribution in [0.2, 0.25) is 10.0 Å². The molecule has 0 aliphatic heterocycles. The number of nitrogens with zero attached hydrogens (tertiary/aromatic N) is 1. The number of anilines is 2. The third-order valence-electron chi connectivity index (χ3n) is 5.06. The molecule has 0 saturated heterocycles. The topological polar surface area (TPSA) is 95.6 Å². The Morgan fingerprint density at radius 2 is 1.63 bits per heavy atom. The van der Waals surface area contributed by atoms with Gasteiger partial charge in [-0.25, -0.2) is 8.42 Å². The van der Waals surface area contributed by atoms with E-state index in [1.807, 2.05) is 6.92 Å². The van der Waals surface area contributed by atoms with Gasteiger partial charge in [0.15, 0.2) is 0 Å². The molecule has 0 spiro atoms. The van der Waals surface area contributed by atoms with E-state index in [2.05, 4.69) is 10.6 Å². The van der Waals surface area contributed by atoms with Gasteiger partial charge in [-0.15, -0.1) is 0 Å². The predicted molar refractivity (Wildman–Crippen MR) is 140 cm³/mol. The molecule has 0 radical (unpaired) electrons. The molecule has 0 bridgehead atoms. The Morgan fingerprint density at radius 1 is 0.943 bits per heavy atom. The van der Waals surface area contributed by atoms with Crippen LogP contribution in [0.1, 0.15) is 30.1 Å². The zero-order valence-electron chi connectivity index (χ0n) is 19.0. The Balaban J connectivity index is 1.91. The van der Waals surface area contributed by atoms with E-state index in [9.17, 15) is 18.0 Å². The van der Waals surface area contributed by atoms with Crippen molar-refractivity contribution in [3.8, 4) is 0 Å². The van der Waals surface area contributed by atoms with Gasteiger partial charge in [0.2, 0.25) is 5.91 Å². The molecule has 3 rings (SSSR count). The van der Waals surface area contributed by atoms with E-state index in [4.69, 9.17) is 23.2 Å². The van der Waals surface area contributed by atoms with Crippen LogP contribution >= 0.6 is 23.2 Å². The first kappa shape index (κ1) is 26.5. The second-order valence-electron chi connectivity index (χ2n) is 7.62. The number of halogens is 2. The second-order valence-corrected chi connectivity index (χ2v) is 10.3. The molecule has 2 amide bonds. The number of hydrogen-bond acceptors (Lipinski definition) is 4. The number of carbonyl (C=O) groups excluding carboxylic acids is 2. The Kier molecular flexibility index (Phi) is 9.14. The first-order valence-corrected chi connectivity index (χ1v) is 13.1. The number of para-hydroxylation sites is 1. The molecule has 0 unspecified atom stereocenters. The predicted octanol–water partition coefficient (Wildman–Crippen LogP) is 5.36. The molecule has 0 aromatic heterocycles. The summed E-state index contributed by atoms with van der Waals surface area (Å²) in [5.74, 6) is -0.979. The largest absolute Gasteiger partial charge is 0.352 e. The monoisotopic (exact) mass is 533 g/mol. The molecule has 0 heterocycles. The fraction of sp³-hybridized carbons (Fsp3) is 0.200. The zero-order valence-corrected chi connectivity index (χ0v) is 21.3. The van der Waals surface area contributed by atoms with E-state index in [1.54, 1.807) is 42.5 Å². The van der Waals surface area contributed by atoms with E-state index >= 15 is 0 Å². The van der Waals surface area contributed by atoms with E-state index in [0.717, 1.165) is 17.1 Å². The molecule has 35 heavy (non-hydrogen) atoms. The average molecular weight is 534 g/mol. The van der Waals surface area contributed by atoms with Gasteiger partial charge in [-0.2, -0.15) is 0 Å². The van der Waals surface area contributed by atoms with Gasteiger partial charge < -0.3 is 10.6 Å². The van der Waals surface area contributed by atoms with Crippen LogP contribution < -0.4 is 14.9 Å². The first-order chi connectivity index (χ1) is 16.7. The van der Waals surface area contributed by atoms with Crippen LogP contribution in [0.3, 0.4) is 0 Å². The van der Waals surface area contributed by atoms with Crippen molar-refractivity contribution in [2.24, 2.45) is 0 Å². The van der Waals surface area contributed by atoms with Gasteiger partial charge in [-0.1, -0.05) is 66.9 Å². The summed E-state index contributed by atoms with van der Waals surface area (Å²) in [5.41, 5.74) is 0.644. The third kappa shape index (κ3) is 6.75. The van der Waals surface area contributed by atoms with Crippen LogP contribution in [0.4, 0.5) is 11.4 Å². The molecule has 3 aromatic carbocycles. The van der Waals surface area contributed by atoms with Crippen LogP contribution in [0.5, 0.6) is 0 Å². The van der Waals surface area contributed by atoms with E-state index < -0.39 is 22.5 Å². The lowest BCUT2D eigenvalue weighted by Gasteiger charge is -2.25. The van der Waals surface area contributed by atoms with Crippen LogP contribution in [-0.2, 0) is 14.8 Å². The normalized spacial score (nSPS) is 11.1. The highest BCUT2D eigenvalue weighted by atomic mass is 35.5. The fourth-order valence-corrected chi connectivity index (χ4v) is 5.31. The molecule has 0 aliphatic carbocycles. The summed E-state index contributed by atoms with van der Waals surface area (Å²) in [5, 5.41) is 5.87. The summed E-state index contributed by atoms with van der Waals surface area (Å²) in [6.45, 7) is 1.95. The highest BCUT2D eigenvalue weighted by molar-refractivity contribution is 7.92. The minimum atomic E-state index is -4.15. The third-order valence-corrected chi connectivity index (χ3v) is 7.37. The number of rotatable bonds is 10. The van der Waals surface area contributed by atoms with E-state index in [1.165, 1.54) is 30.3 Å². The first-order valence-electron chi connectivity index (χ1n) is 10.9. The summed E-state index contributed by atoms with van der Waals surface area (Å²) in [6, 6.07) is 18.6. The quantitative estimate of drug-likeness (QED) is 0.343.